The lowest BCUT2D eigenvalue weighted by molar-refractivity contribution is 0.379. The van der Waals surface area contributed by atoms with E-state index in [0.717, 1.165) is 5.69 Å². The first kappa shape index (κ1) is 16.1. The molecule has 1 rings (SSSR count). The van der Waals surface area contributed by atoms with Gasteiger partial charge in [0.15, 0.2) is 0 Å². The van der Waals surface area contributed by atoms with Gasteiger partial charge in [-0.3, -0.25) is 4.98 Å². The molecule has 0 aliphatic heterocycles. The number of nitrogens with two attached hydrogens (primary N) is 1. The molecule has 1 aromatic heterocycles. The number of nitrogens with zero attached hydrogens (tertiary/aromatic N) is 1. The van der Waals surface area contributed by atoms with Crippen molar-refractivity contribution in [2.24, 2.45) is 5.73 Å². The highest BCUT2D eigenvalue weighted by Gasteiger charge is 2.26. The van der Waals surface area contributed by atoms with Crippen molar-refractivity contribution < 1.29 is 8.42 Å². The van der Waals surface area contributed by atoms with Crippen LogP contribution in [0.5, 0.6) is 0 Å². The quantitative estimate of drug-likeness (QED) is 0.748. The molecule has 0 aliphatic carbocycles. The number of rotatable bonds is 8. The fraction of sp³-hybridized carbons (Fsp3) is 0.615. The minimum absolute atomic E-state index is 0.0458. The fourth-order valence-electron chi connectivity index (χ4n) is 1.83. The van der Waals surface area contributed by atoms with Crippen molar-refractivity contribution >= 4 is 10.0 Å². The lowest BCUT2D eigenvalue weighted by atomic mass is 9.96. The molecule has 0 aromatic carbocycles. The Labute approximate surface area is 115 Å². The van der Waals surface area contributed by atoms with E-state index in [1.165, 1.54) is 0 Å². The number of nitrogens with one attached hydrogen (secondary N) is 1. The molecule has 0 aliphatic rings. The zero-order chi connectivity index (χ0) is 14.4. The highest BCUT2D eigenvalue weighted by Crippen LogP contribution is 2.15. The van der Waals surface area contributed by atoms with E-state index in [1.807, 2.05) is 32.0 Å². The zero-order valence-corrected chi connectivity index (χ0v) is 12.4. The lowest BCUT2D eigenvalue weighted by Gasteiger charge is -2.28. The van der Waals surface area contributed by atoms with Gasteiger partial charge in [0, 0.05) is 23.9 Å². The summed E-state index contributed by atoms with van der Waals surface area (Å²) >= 11 is 0. The Morgan fingerprint density at radius 3 is 2.68 bits per heavy atom. The summed E-state index contributed by atoms with van der Waals surface area (Å²) in [6.07, 6.45) is 3.43. The molecule has 0 bridgehead atoms. The highest BCUT2D eigenvalue weighted by atomic mass is 32.2. The van der Waals surface area contributed by atoms with Gasteiger partial charge in [0.2, 0.25) is 10.0 Å². The SMILES string of the molecule is CCC(C)(CCN)NS(=O)(=O)CCc1ccccn1. The first-order valence-electron chi connectivity index (χ1n) is 6.52. The van der Waals surface area contributed by atoms with Crippen molar-refractivity contribution in [2.75, 3.05) is 12.3 Å². The van der Waals surface area contributed by atoms with Crippen LogP contribution in [0.4, 0.5) is 0 Å². The molecule has 19 heavy (non-hydrogen) atoms. The van der Waals surface area contributed by atoms with Gasteiger partial charge in [-0.25, -0.2) is 13.1 Å². The van der Waals surface area contributed by atoms with Crippen molar-refractivity contribution in [3.05, 3.63) is 30.1 Å². The summed E-state index contributed by atoms with van der Waals surface area (Å²) in [4.78, 5) is 4.12. The number of aryl methyl sites for hydroxylation is 1. The molecule has 1 unspecified atom stereocenters. The zero-order valence-electron chi connectivity index (χ0n) is 11.6. The summed E-state index contributed by atoms with van der Waals surface area (Å²) in [6, 6.07) is 5.49. The third kappa shape index (κ3) is 5.67. The van der Waals surface area contributed by atoms with E-state index < -0.39 is 15.6 Å². The Bertz CT molecular complexity index is 476. The summed E-state index contributed by atoms with van der Waals surface area (Å²) in [7, 11) is -3.32. The first-order chi connectivity index (χ1) is 8.91. The molecule has 1 atom stereocenters. The maximum Gasteiger partial charge on any atom is 0.212 e. The van der Waals surface area contributed by atoms with Gasteiger partial charge >= 0.3 is 0 Å². The fourth-order valence-corrected chi connectivity index (χ4v) is 3.41. The molecule has 0 amide bonds. The van der Waals surface area contributed by atoms with E-state index in [4.69, 9.17) is 5.73 Å². The standard InChI is InChI=1S/C13H23N3O2S/c1-3-13(2,8-9-14)16-19(17,18)11-7-12-6-4-5-10-15-12/h4-6,10,16H,3,7-9,11,14H2,1-2H3. The molecule has 3 N–H and O–H groups in total. The van der Waals surface area contributed by atoms with Crippen molar-refractivity contribution in [1.29, 1.82) is 0 Å². The smallest absolute Gasteiger partial charge is 0.212 e. The Balaban J connectivity index is 2.61. The van der Waals surface area contributed by atoms with Crippen LogP contribution in [0.3, 0.4) is 0 Å². The Hall–Kier alpha value is -0.980. The van der Waals surface area contributed by atoms with E-state index in [1.54, 1.807) is 6.20 Å². The monoisotopic (exact) mass is 285 g/mol. The summed E-state index contributed by atoms with van der Waals surface area (Å²) in [5, 5.41) is 0. The summed E-state index contributed by atoms with van der Waals surface area (Å²) in [5.41, 5.74) is 5.85. The van der Waals surface area contributed by atoms with Gasteiger partial charge in [-0.15, -0.1) is 0 Å². The van der Waals surface area contributed by atoms with E-state index >= 15 is 0 Å². The van der Waals surface area contributed by atoms with Gasteiger partial charge < -0.3 is 5.73 Å². The molecular weight excluding hydrogens is 262 g/mol. The van der Waals surface area contributed by atoms with Gasteiger partial charge in [-0.2, -0.15) is 0 Å². The summed E-state index contributed by atoms with van der Waals surface area (Å²) in [5.74, 6) is 0.0458. The highest BCUT2D eigenvalue weighted by molar-refractivity contribution is 7.89. The molecule has 0 radical (unpaired) electrons. The second-order valence-corrected chi connectivity index (χ2v) is 6.79. The second-order valence-electron chi connectivity index (χ2n) is 4.94. The average Bonchev–Trinajstić information content (AvgIpc) is 2.37. The number of hydrogen-bond donors (Lipinski definition) is 2. The van der Waals surface area contributed by atoms with Crippen molar-refractivity contribution in [3.63, 3.8) is 0 Å². The van der Waals surface area contributed by atoms with E-state index in [2.05, 4.69) is 9.71 Å². The molecule has 0 saturated heterocycles. The van der Waals surface area contributed by atoms with Gasteiger partial charge in [-0.1, -0.05) is 13.0 Å². The van der Waals surface area contributed by atoms with Crippen LogP contribution in [-0.4, -0.2) is 31.2 Å². The molecule has 0 spiro atoms. The first-order valence-corrected chi connectivity index (χ1v) is 8.17. The van der Waals surface area contributed by atoms with Crippen LogP contribution in [0.2, 0.25) is 0 Å². The summed E-state index contributed by atoms with van der Waals surface area (Å²) in [6.45, 7) is 4.31. The van der Waals surface area contributed by atoms with Crippen LogP contribution in [-0.2, 0) is 16.4 Å². The Morgan fingerprint density at radius 2 is 2.16 bits per heavy atom. The van der Waals surface area contributed by atoms with Gasteiger partial charge in [0.25, 0.3) is 0 Å². The molecule has 1 heterocycles. The van der Waals surface area contributed by atoms with E-state index in [9.17, 15) is 8.42 Å². The van der Waals surface area contributed by atoms with Crippen molar-refractivity contribution in [2.45, 2.75) is 38.6 Å². The molecular formula is C13H23N3O2S. The molecule has 5 nitrogen and oxygen atoms in total. The third-order valence-electron chi connectivity index (χ3n) is 3.23. The summed E-state index contributed by atoms with van der Waals surface area (Å²) < 4.78 is 26.9. The largest absolute Gasteiger partial charge is 0.330 e. The van der Waals surface area contributed by atoms with Crippen molar-refractivity contribution in [1.82, 2.24) is 9.71 Å². The van der Waals surface area contributed by atoms with Crippen LogP contribution in [0, 0.1) is 0 Å². The minimum Gasteiger partial charge on any atom is -0.330 e. The van der Waals surface area contributed by atoms with Crippen LogP contribution in [0.15, 0.2) is 24.4 Å². The van der Waals surface area contributed by atoms with E-state index in [0.29, 0.717) is 25.8 Å². The molecule has 0 fully saturated rings. The second kappa shape index (κ2) is 6.98. The third-order valence-corrected chi connectivity index (χ3v) is 4.78. The molecule has 1 aromatic rings. The molecule has 0 saturated carbocycles. The number of sulfonamides is 1. The maximum atomic E-state index is 12.1. The lowest BCUT2D eigenvalue weighted by Crippen LogP contribution is -2.47. The van der Waals surface area contributed by atoms with Crippen molar-refractivity contribution in [3.8, 4) is 0 Å². The average molecular weight is 285 g/mol. The number of hydrogen-bond acceptors (Lipinski definition) is 4. The minimum atomic E-state index is -3.32. The normalized spacial score (nSPS) is 15.1. The van der Waals surface area contributed by atoms with Crippen LogP contribution >= 0.6 is 0 Å². The predicted molar refractivity (Wildman–Crippen MR) is 77.2 cm³/mol. The van der Waals surface area contributed by atoms with Crippen LogP contribution < -0.4 is 10.5 Å². The molecule has 108 valence electrons. The maximum absolute atomic E-state index is 12.1. The van der Waals surface area contributed by atoms with E-state index in [-0.39, 0.29) is 5.75 Å². The number of pyridine rings is 1. The van der Waals surface area contributed by atoms with Gasteiger partial charge in [0.05, 0.1) is 5.75 Å². The van der Waals surface area contributed by atoms with Gasteiger partial charge in [0.1, 0.15) is 0 Å². The number of aromatic nitrogens is 1. The Kier molecular flexibility index (Phi) is 5.90. The van der Waals surface area contributed by atoms with Gasteiger partial charge in [-0.05, 0) is 38.4 Å². The molecule has 6 heteroatoms. The van der Waals surface area contributed by atoms with Crippen LogP contribution in [0.1, 0.15) is 32.4 Å². The van der Waals surface area contributed by atoms with Crippen LogP contribution in [0.25, 0.3) is 0 Å². The topological polar surface area (TPSA) is 85.1 Å². The predicted octanol–water partition coefficient (Wildman–Crippen LogP) is 1.06. The Morgan fingerprint density at radius 1 is 1.42 bits per heavy atom.